The van der Waals surface area contributed by atoms with E-state index >= 15 is 0 Å². The van der Waals surface area contributed by atoms with Crippen molar-refractivity contribution in [3.05, 3.63) is 0 Å². The van der Waals surface area contributed by atoms with Crippen LogP contribution in [0.25, 0.3) is 0 Å². The first-order valence-corrected chi connectivity index (χ1v) is 5.35. The molecule has 1 aliphatic rings. The highest BCUT2D eigenvalue weighted by molar-refractivity contribution is 5.84. The van der Waals surface area contributed by atoms with E-state index in [4.69, 9.17) is 10.9 Å². The van der Waals surface area contributed by atoms with E-state index < -0.39 is 17.7 Å². The Kier molecular flexibility index (Phi) is 4.55. The fourth-order valence-corrected chi connectivity index (χ4v) is 2.27. The molecule has 1 saturated carbocycles. The fourth-order valence-electron chi connectivity index (χ4n) is 2.27. The highest BCUT2D eigenvalue weighted by Gasteiger charge is 2.26. The molecule has 0 unspecified atom stereocenters. The number of hydroxylamine groups is 1. The van der Waals surface area contributed by atoms with Crippen molar-refractivity contribution in [2.45, 2.75) is 38.5 Å². The summed E-state index contributed by atoms with van der Waals surface area (Å²) in [6, 6.07) is 0. The zero-order valence-electron chi connectivity index (χ0n) is 8.74. The van der Waals surface area contributed by atoms with Crippen LogP contribution in [0.1, 0.15) is 38.5 Å². The molecule has 0 aliphatic heterocycles. The molecule has 0 aromatic heterocycles. The first-order chi connectivity index (χ1) is 7.13. The third-order valence-corrected chi connectivity index (χ3v) is 3.02. The molecule has 0 radical (unpaired) electrons. The smallest absolute Gasteiger partial charge is 0.246 e. The lowest BCUT2D eigenvalue weighted by molar-refractivity contribution is -0.136. The van der Waals surface area contributed by atoms with Gasteiger partial charge in [0, 0.05) is 12.3 Å². The lowest BCUT2D eigenvalue weighted by Crippen LogP contribution is -2.32. The van der Waals surface area contributed by atoms with Gasteiger partial charge in [0.1, 0.15) is 0 Å². The van der Waals surface area contributed by atoms with Crippen molar-refractivity contribution in [1.82, 2.24) is 5.48 Å². The van der Waals surface area contributed by atoms with Crippen LogP contribution in [0, 0.1) is 11.8 Å². The minimum atomic E-state index is -0.499. The maximum absolute atomic E-state index is 11.3. The molecule has 0 heterocycles. The van der Waals surface area contributed by atoms with E-state index in [-0.39, 0.29) is 6.42 Å². The van der Waals surface area contributed by atoms with E-state index in [1.165, 1.54) is 12.8 Å². The number of carbonyl (C=O) groups excluding carboxylic acids is 2. The van der Waals surface area contributed by atoms with Crippen molar-refractivity contribution in [3.8, 4) is 0 Å². The van der Waals surface area contributed by atoms with Crippen LogP contribution < -0.4 is 11.2 Å². The zero-order valence-corrected chi connectivity index (χ0v) is 8.74. The largest absolute Gasteiger partial charge is 0.370 e. The van der Waals surface area contributed by atoms with Crippen LogP contribution in [-0.2, 0) is 9.59 Å². The minimum absolute atomic E-state index is 0.0168. The summed E-state index contributed by atoms with van der Waals surface area (Å²) >= 11 is 0. The molecule has 5 nitrogen and oxygen atoms in total. The maximum Gasteiger partial charge on any atom is 0.246 e. The van der Waals surface area contributed by atoms with Crippen LogP contribution in [0.5, 0.6) is 0 Å². The van der Waals surface area contributed by atoms with Crippen molar-refractivity contribution in [3.63, 3.8) is 0 Å². The van der Waals surface area contributed by atoms with Crippen LogP contribution in [0.3, 0.4) is 0 Å². The van der Waals surface area contributed by atoms with Gasteiger partial charge in [-0.15, -0.1) is 0 Å². The first-order valence-electron chi connectivity index (χ1n) is 5.35. The Hall–Kier alpha value is -1.10. The van der Waals surface area contributed by atoms with E-state index in [1.807, 2.05) is 0 Å². The van der Waals surface area contributed by atoms with Crippen molar-refractivity contribution in [2.75, 3.05) is 0 Å². The Labute approximate surface area is 89.0 Å². The third kappa shape index (κ3) is 3.87. The number of rotatable bonds is 5. The molecule has 0 aromatic carbocycles. The molecule has 86 valence electrons. The molecule has 5 heteroatoms. The van der Waals surface area contributed by atoms with Gasteiger partial charge >= 0.3 is 0 Å². The molecule has 2 amide bonds. The van der Waals surface area contributed by atoms with E-state index in [2.05, 4.69) is 0 Å². The Morgan fingerprint density at radius 2 is 2.00 bits per heavy atom. The zero-order chi connectivity index (χ0) is 11.3. The predicted octanol–water partition coefficient (Wildman–Crippen LogP) is 0.564. The fraction of sp³-hybridized carbons (Fsp3) is 0.800. The van der Waals surface area contributed by atoms with Crippen molar-refractivity contribution >= 4 is 11.8 Å². The van der Waals surface area contributed by atoms with Crippen LogP contribution >= 0.6 is 0 Å². The van der Waals surface area contributed by atoms with Gasteiger partial charge in [-0.05, 0) is 12.3 Å². The van der Waals surface area contributed by atoms with Crippen molar-refractivity contribution in [1.29, 1.82) is 0 Å². The third-order valence-electron chi connectivity index (χ3n) is 3.02. The molecule has 0 spiro atoms. The van der Waals surface area contributed by atoms with Gasteiger partial charge in [0.05, 0.1) is 0 Å². The molecule has 1 aliphatic carbocycles. The van der Waals surface area contributed by atoms with E-state index in [0.29, 0.717) is 12.3 Å². The molecular weight excluding hydrogens is 196 g/mol. The highest BCUT2D eigenvalue weighted by atomic mass is 16.5. The quantitative estimate of drug-likeness (QED) is 0.461. The molecule has 0 saturated heterocycles. The van der Waals surface area contributed by atoms with Crippen molar-refractivity contribution < 1.29 is 14.8 Å². The summed E-state index contributed by atoms with van der Waals surface area (Å²) < 4.78 is 0. The lowest BCUT2D eigenvalue weighted by Gasteiger charge is -2.16. The molecule has 0 bridgehead atoms. The molecule has 1 atom stereocenters. The summed E-state index contributed by atoms with van der Waals surface area (Å²) in [7, 11) is 0. The second-order valence-corrected chi connectivity index (χ2v) is 4.23. The first kappa shape index (κ1) is 12.0. The van der Waals surface area contributed by atoms with Gasteiger partial charge in [-0.3, -0.25) is 14.8 Å². The number of carbonyl (C=O) groups is 2. The van der Waals surface area contributed by atoms with Gasteiger partial charge in [-0.25, -0.2) is 5.48 Å². The molecule has 15 heavy (non-hydrogen) atoms. The number of amides is 2. The van der Waals surface area contributed by atoms with Crippen LogP contribution in [0.4, 0.5) is 0 Å². The normalized spacial score (nSPS) is 18.7. The van der Waals surface area contributed by atoms with Crippen LogP contribution in [0.2, 0.25) is 0 Å². The van der Waals surface area contributed by atoms with Gasteiger partial charge in [0.25, 0.3) is 0 Å². The second kappa shape index (κ2) is 5.70. The second-order valence-electron chi connectivity index (χ2n) is 4.23. The SMILES string of the molecule is NC(=O)C[C@@H](CC1CCCC1)C(=O)NO. The molecule has 1 fully saturated rings. The van der Waals surface area contributed by atoms with Gasteiger partial charge in [-0.2, -0.15) is 0 Å². The molecule has 4 N–H and O–H groups in total. The van der Waals surface area contributed by atoms with E-state index in [0.717, 1.165) is 12.8 Å². The number of nitrogens with one attached hydrogen (secondary N) is 1. The summed E-state index contributed by atoms with van der Waals surface area (Å²) in [4.78, 5) is 22.0. The highest BCUT2D eigenvalue weighted by Crippen LogP contribution is 2.31. The Bertz CT molecular complexity index is 237. The number of hydrogen-bond acceptors (Lipinski definition) is 3. The summed E-state index contributed by atoms with van der Waals surface area (Å²) in [5.41, 5.74) is 6.66. The molecule has 0 aromatic rings. The van der Waals surface area contributed by atoms with Gasteiger partial charge in [-0.1, -0.05) is 25.7 Å². The topological polar surface area (TPSA) is 92.4 Å². The molecular formula is C10H18N2O3. The Morgan fingerprint density at radius 3 is 2.47 bits per heavy atom. The number of nitrogens with two attached hydrogens (primary N) is 1. The summed E-state index contributed by atoms with van der Waals surface area (Å²) in [5, 5.41) is 8.54. The maximum atomic E-state index is 11.3. The standard InChI is InChI=1S/C10H18N2O3/c11-9(13)6-8(10(14)12-15)5-7-3-1-2-4-7/h7-8,15H,1-6H2,(H2,11,13)(H,12,14)/t8-/m1/s1. The monoisotopic (exact) mass is 214 g/mol. The van der Waals surface area contributed by atoms with Gasteiger partial charge in [0.15, 0.2) is 0 Å². The number of hydrogen-bond donors (Lipinski definition) is 3. The van der Waals surface area contributed by atoms with Crippen LogP contribution in [0.15, 0.2) is 0 Å². The van der Waals surface area contributed by atoms with Gasteiger partial charge in [0.2, 0.25) is 11.8 Å². The number of primary amides is 1. The Balaban J connectivity index is 2.47. The lowest BCUT2D eigenvalue weighted by atomic mass is 9.90. The predicted molar refractivity (Wildman–Crippen MR) is 53.8 cm³/mol. The van der Waals surface area contributed by atoms with E-state index in [1.54, 1.807) is 5.48 Å². The average Bonchev–Trinajstić information content (AvgIpc) is 2.67. The summed E-state index contributed by atoms with van der Waals surface area (Å²) in [5.74, 6) is -0.982. The van der Waals surface area contributed by atoms with Crippen LogP contribution in [-0.4, -0.2) is 17.0 Å². The van der Waals surface area contributed by atoms with Gasteiger partial charge < -0.3 is 5.73 Å². The van der Waals surface area contributed by atoms with E-state index in [9.17, 15) is 9.59 Å². The Morgan fingerprint density at radius 1 is 1.40 bits per heavy atom. The minimum Gasteiger partial charge on any atom is -0.370 e. The average molecular weight is 214 g/mol. The van der Waals surface area contributed by atoms with Crippen molar-refractivity contribution in [2.24, 2.45) is 17.6 Å². The summed E-state index contributed by atoms with van der Waals surface area (Å²) in [6.07, 6.45) is 5.25. The summed E-state index contributed by atoms with van der Waals surface area (Å²) in [6.45, 7) is 0. The molecule has 1 rings (SSSR count).